The lowest BCUT2D eigenvalue weighted by molar-refractivity contribution is 0.260. The van der Waals surface area contributed by atoms with Crippen LogP contribution < -0.4 is 4.90 Å². The Morgan fingerprint density at radius 3 is 2.74 bits per heavy atom. The standard InChI is InChI=1S/C14H19Cl2N3/c15-8-11-7-13(16)14(17-9-11)19-6-3-12(10-19)18-4-1-2-5-18/h7,9,12H,1-6,8,10H2. The normalized spacial score (nSPS) is 24.3. The zero-order chi connectivity index (χ0) is 13.2. The number of hydrogen-bond donors (Lipinski definition) is 0. The van der Waals surface area contributed by atoms with Gasteiger partial charge in [0.2, 0.25) is 0 Å². The molecule has 0 aliphatic carbocycles. The first-order chi connectivity index (χ1) is 9.28. The minimum absolute atomic E-state index is 0.462. The maximum absolute atomic E-state index is 6.32. The van der Waals surface area contributed by atoms with Crippen molar-refractivity contribution >= 4 is 29.0 Å². The molecule has 2 aliphatic rings. The van der Waals surface area contributed by atoms with Crippen LogP contribution in [0.4, 0.5) is 5.82 Å². The van der Waals surface area contributed by atoms with Gasteiger partial charge in [-0.05, 0) is 44.0 Å². The topological polar surface area (TPSA) is 19.4 Å². The molecular formula is C14H19Cl2N3. The van der Waals surface area contributed by atoms with Gasteiger partial charge in [0.25, 0.3) is 0 Å². The summed E-state index contributed by atoms with van der Waals surface area (Å²) in [5, 5.41) is 0.722. The summed E-state index contributed by atoms with van der Waals surface area (Å²) in [5.41, 5.74) is 0.978. The van der Waals surface area contributed by atoms with E-state index in [2.05, 4.69) is 14.8 Å². The Balaban J connectivity index is 1.70. The summed E-state index contributed by atoms with van der Waals surface area (Å²) in [6.45, 7) is 4.61. The fraction of sp³-hybridized carbons (Fsp3) is 0.643. The second kappa shape index (κ2) is 5.86. The molecular weight excluding hydrogens is 281 g/mol. The Morgan fingerprint density at radius 1 is 1.26 bits per heavy atom. The molecule has 3 heterocycles. The number of likely N-dealkylation sites (tertiary alicyclic amines) is 1. The molecule has 1 aromatic rings. The predicted molar refractivity (Wildman–Crippen MR) is 80.2 cm³/mol. The summed E-state index contributed by atoms with van der Waals surface area (Å²) in [7, 11) is 0. The van der Waals surface area contributed by atoms with Gasteiger partial charge in [-0.1, -0.05) is 11.6 Å². The van der Waals surface area contributed by atoms with Crippen LogP contribution in [0.15, 0.2) is 12.3 Å². The average Bonchev–Trinajstić information content (AvgIpc) is 3.09. The number of rotatable bonds is 3. The number of halogens is 2. The zero-order valence-corrected chi connectivity index (χ0v) is 12.5. The lowest BCUT2D eigenvalue weighted by Crippen LogP contribution is -2.35. The largest absolute Gasteiger partial charge is 0.354 e. The van der Waals surface area contributed by atoms with Crippen LogP contribution in [-0.2, 0) is 5.88 Å². The summed E-state index contributed by atoms with van der Waals surface area (Å²) in [6.07, 6.45) is 5.74. The van der Waals surface area contributed by atoms with Crippen molar-refractivity contribution in [1.82, 2.24) is 9.88 Å². The maximum atomic E-state index is 6.32. The van der Waals surface area contributed by atoms with Crippen molar-refractivity contribution in [3.63, 3.8) is 0 Å². The third-order valence-corrected chi connectivity index (χ3v) is 4.74. The molecule has 1 aromatic heterocycles. The molecule has 0 saturated carbocycles. The van der Waals surface area contributed by atoms with E-state index >= 15 is 0 Å². The quantitative estimate of drug-likeness (QED) is 0.799. The van der Waals surface area contributed by atoms with E-state index in [4.69, 9.17) is 23.2 Å². The molecule has 19 heavy (non-hydrogen) atoms. The van der Waals surface area contributed by atoms with Gasteiger partial charge in [0.1, 0.15) is 5.82 Å². The molecule has 5 heteroatoms. The van der Waals surface area contributed by atoms with Crippen LogP contribution >= 0.6 is 23.2 Å². The van der Waals surface area contributed by atoms with Crippen LogP contribution in [0.1, 0.15) is 24.8 Å². The van der Waals surface area contributed by atoms with Crippen LogP contribution in [-0.4, -0.2) is 42.1 Å². The van der Waals surface area contributed by atoms with E-state index in [1.54, 1.807) is 0 Å². The first-order valence-corrected chi connectivity index (χ1v) is 7.88. The van der Waals surface area contributed by atoms with Crippen LogP contribution in [0.25, 0.3) is 0 Å². The van der Waals surface area contributed by atoms with Crippen molar-refractivity contribution < 1.29 is 0 Å². The number of aromatic nitrogens is 1. The summed E-state index contributed by atoms with van der Waals surface area (Å²) >= 11 is 12.1. The Bertz CT molecular complexity index is 446. The molecule has 0 radical (unpaired) electrons. The summed E-state index contributed by atoms with van der Waals surface area (Å²) in [5.74, 6) is 1.38. The molecule has 0 bridgehead atoms. The SMILES string of the molecule is ClCc1cnc(N2CCC(N3CCCC3)C2)c(Cl)c1. The fourth-order valence-corrected chi connectivity index (χ4v) is 3.57. The first kappa shape index (κ1) is 13.5. The highest BCUT2D eigenvalue weighted by Crippen LogP contribution is 2.29. The van der Waals surface area contributed by atoms with Gasteiger partial charge in [-0.15, -0.1) is 11.6 Å². The van der Waals surface area contributed by atoms with Crippen molar-refractivity contribution in [1.29, 1.82) is 0 Å². The minimum atomic E-state index is 0.462. The van der Waals surface area contributed by atoms with Crippen LogP contribution in [0, 0.1) is 0 Å². The van der Waals surface area contributed by atoms with Gasteiger partial charge in [0.15, 0.2) is 0 Å². The molecule has 3 nitrogen and oxygen atoms in total. The van der Waals surface area contributed by atoms with Crippen LogP contribution in [0.5, 0.6) is 0 Å². The van der Waals surface area contributed by atoms with Gasteiger partial charge >= 0.3 is 0 Å². The van der Waals surface area contributed by atoms with Crippen LogP contribution in [0.3, 0.4) is 0 Å². The van der Waals surface area contributed by atoms with E-state index < -0.39 is 0 Å². The first-order valence-electron chi connectivity index (χ1n) is 6.97. The van der Waals surface area contributed by atoms with Crippen molar-refractivity contribution in [3.05, 3.63) is 22.8 Å². The summed E-state index contributed by atoms with van der Waals surface area (Å²) in [6, 6.07) is 2.60. The van der Waals surface area contributed by atoms with Gasteiger partial charge in [0, 0.05) is 31.2 Å². The van der Waals surface area contributed by atoms with E-state index in [0.717, 1.165) is 29.5 Å². The average molecular weight is 300 g/mol. The Morgan fingerprint density at radius 2 is 2.05 bits per heavy atom. The molecule has 2 fully saturated rings. The van der Waals surface area contributed by atoms with Gasteiger partial charge < -0.3 is 4.90 Å². The lowest BCUT2D eigenvalue weighted by atomic mass is 10.2. The summed E-state index contributed by atoms with van der Waals surface area (Å²) < 4.78 is 0. The van der Waals surface area contributed by atoms with Crippen LogP contribution in [0.2, 0.25) is 5.02 Å². The van der Waals surface area contributed by atoms with Crippen molar-refractivity contribution in [2.45, 2.75) is 31.2 Å². The number of pyridine rings is 1. The molecule has 2 aliphatic heterocycles. The number of nitrogens with zero attached hydrogens (tertiary/aromatic N) is 3. The second-order valence-electron chi connectivity index (χ2n) is 5.41. The Kier molecular flexibility index (Phi) is 4.15. The highest BCUT2D eigenvalue weighted by Gasteiger charge is 2.30. The molecule has 0 aromatic carbocycles. The van der Waals surface area contributed by atoms with Crippen molar-refractivity contribution in [3.8, 4) is 0 Å². The maximum Gasteiger partial charge on any atom is 0.147 e. The highest BCUT2D eigenvalue weighted by atomic mass is 35.5. The summed E-state index contributed by atoms with van der Waals surface area (Å²) in [4.78, 5) is 9.40. The molecule has 104 valence electrons. The van der Waals surface area contributed by atoms with Gasteiger partial charge in [0.05, 0.1) is 5.02 Å². The predicted octanol–water partition coefficient (Wildman–Crippen LogP) is 3.15. The van der Waals surface area contributed by atoms with E-state index in [0.29, 0.717) is 11.9 Å². The molecule has 1 atom stereocenters. The lowest BCUT2D eigenvalue weighted by Gasteiger charge is -2.24. The Labute approximate surface area is 124 Å². The third kappa shape index (κ3) is 2.83. The molecule has 3 rings (SSSR count). The van der Waals surface area contributed by atoms with E-state index in [9.17, 15) is 0 Å². The van der Waals surface area contributed by atoms with Gasteiger partial charge in [-0.25, -0.2) is 4.98 Å². The number of alkyl halides is 1. The number of hydrogen-bond acceptors (Lipinski definition) is 3. The molecule has 2 saturated heterocycles. The van der Waals surface area contributed by atoms with Crippen molar-refractivity contribution in [2.75, 3.05) is 31.1 Å². The molecule has 0 amide bonds. The number of anilines is 1. The molecule has 0 spiro atoms. The highest BCUT2D eigenvalue weighted by molar-refractivity contribution is 6.33. The molecule has 1 unspecified atom stereocenters. The third-order valence-electron chi connectivity index (χ3n) is 4.15. The van der Waals surface area contributed by atoms with Crippen molar-refractivity contribution in [2.24, 2.45) is 0 Å². The monoisotopic (exact) mass is 299 g/mol. The van der Waals surface area contributed by atoms with Gasteiger partial charge in [-0.3, -0.25) is 4.90 Å². The minimum Gasteiger partial charge on any atom is -0.354 e. The van der Waals surface area contributed by atoms with E-state index in [-0.39, 0.29) is 0 Å². The van der Waals surface area contributed by atoms with Gasteiger partial charge in [-0.2, -0.15) is 0 Å². The molecule has 0 N–H and O–H groups in total. The smallest absolute Gasteiger partial charge is 0.147 e. The second-order valence-corrected chi connectivity index (χ2v) is 6.09. The zero-order valence-electron chi connectivity index (χ0n) is 11.0. The fourth-order valence-electron chi connectivity index (χ4n) is 3.12. The van der Waals surface area contributed by atoms with E-state index in [1.165, 1.54) is 32.4 Å². The Hall–Kier alpha value is -0.510. The van der Waals surface area contributed by atoms with E-state index in [1.807, 2.05) is 12.3 Å².